The number of nitrogens with zero attached hydrogens (tertiary/aromatic N) is 2. The van der Waals surface area contributed by atoms with E-state index >= 15 is 0 Å². The van der Waals surface area contributed by atoms with Crippen molar-refractivity contribution < 1.29 is 4.42 Å². The van der Waals surface area contributed by atoms with Gasteiger partial charge in [-0.05, 0) is 107 Å². The van der Waals surface area contributed by atoms with Crippen molar-refractivity contribution in [2.24, 2.45) is 0 Å². The number of aromatic nitrogens is 1. The Labute approximate surface area is 318 Å². The van der Waals surface area contributed by atoms with E-state index < -0.39 is 0 Å². The largest absolute Gasteiger partial charge is 0.455 e. The van der Waals surface area contributed by atoms with Crippen LogP contribution in [-0.4, -0.2) is 4.57 Å². The molecule has 0 aliphatic carbocycles. The lowest BCUT2D eigenvalue weighted by molar-refractivity contribution is 0.672. The normalized spacial score (nSPS) is 11.6. The van der Waals surface area contributed by atoms with Gasteiger partial charge < -0.3 is 13.9 Å². The minimum Gasteiger partial charge on any atom is -0.455 e. The van der Waals surface area contributed by atoms with Gasteiger partial charge in [0.25, 0.3) is 0 Å². The Bertz CT molecular complexity index is 3180. The SMILES string of the molecule is c1ccc(-c2ccc(N(c3ccc(-c4ccc5oc6c7ccccc7ccc6c5c4)cc3)c3ccc4c(c3)c3ccccc3n4-c3ccccc3)cc2)cc1. The number of fused-ring (bicyclic) bond motifs is 8. The Morgan fingerprint density at radius 2 is 0.927 bits per heavy atom. The highest BCUT2D eigenvalue weighted by Crippen LogP contribution is 2.42. The van der Waals surface area contributed by atoms with Crippen molar-refractivity contribution in [2.45, 2.75) is 0 Å². The number of hydrogen-bond donors (Lipinski definition) is 0. The second-order valence-corrected chi connectivity index (χ2v) is 14.2. The molecule has 0 bridgehead atoms. The number of anilines is 3. The molecule has 11 aromatic rings. The van der Waals surface area contributed by atoms with Gasteiger partial charge >= 0.3 is 0 Å². The molecule has 0 spiro atoms. The highest BCUT2D eigenvalue weighted by molar-refractivity contribution is 6.15. The lowest BCUT2D eigenvalue weighted by Gasteiger charge is -2.26. The summed E-state index contributed by atoms with van der Waals surface area (Å²) in [6, 6.07) is 73.9. The van der Waals surface area contributed by atoms with Crippen molar-refractivity contribution in [3.05, 3.63) is 206 Å². The van der Waals surface area contributed by atoms with Gasteiger partial charge in [-0.25, -0.2) is 0 Å². The zero-order chi connectivity index (χ0) is 36.3. The molecule has 0 aliphatic rings. The number of benzene rings is 9. The first kappa shape index (κ1) is 31.2. The molecule has 0 radical (unpaired) electrons. The summed E-state index contributed by atoms with van der Waals surface area (Å²) in [5.74, 6) is 0. The van der Waals surface area contributed by atoms with Gasteiger partial charge in [0.1, 0.15) is 11.2 Å². The van der Waals surface area contributed by atoms with Crippen molar-refractivity contribution in [3.8, 4) is 27.9 Å². The molecule has 0 aliphatic heterocycles. The van der Waals surface area contributed by atoms with Gasteiger partial charge in [0.2, 0.25) is 0 Å². The van der Waals surface area contributed by atoms with E-state index in [4.69, 9.17) is 4.42 Å². The summed E-state index contributed by atoms with van der Waals surface area (Å²) < 4.78 is 8.78. The minimum absolute atomic E-state index is 0.904. The molecule has 9 aromatic carbocycles. The minimum atomic E-state index is 0.904. The molecule has 2 heterocycles. The molecule has 3 heteroatoms. The maximum atomic E-state index is 6.42. The molecule has 0 amide bonds. The third kappa shape index (κ3) is 5.20. The molecule has 3 nitrogen and oxygen atoms in total. The lowest BCUT2D eigenvalue weighted by atomic mass is 10.0. The molecule has 0 atom stereocenters. The molecule has 258 valence electrons. The molecule has 2 aromatic heterocycles. The summed E-state index contributed by atoms with van der Waals surface area (Å²) in [7, 11) is 0. The van der Waals surface area contributed by atoms with Crippen LogP contribution in [-0.2, 0) is 0 Å². The standard InChI is InChI=1S/C52H34N2O/c1-3-11-35(12-4-1)36-19-25-41(26-20-36)53(43-29-31-50-47(34-43)45-17-9-10-18-49(45)54(50)40-14-5-2-6-15-40)42-27-21-37(22-28-42)39-24-32-51-48(33-39)46-30-23-38-13-7-8-16-44(38)52(46)55-51/h1-34H. The van der Waals surface area contributed by atoms with Crippen LogP contribution in [0.3, 0.4) is 0 Å². The van der Waals surface area contributed by atoms with E-state index in [0.29, 0.717) is 0 Å². The van der Waals surface area contributed by atoms with E-state index in [1.54, 1.807) is 0 Å². The smallest absolute Gasteiger partial charge is 0.143 e. The molecule has 55 heavy (non-hydrogen) atoms. The van der Waals surface area contributed by atoms with Crippen LogP contribution in [0.5, 0.6) is 0 Å². The van der Waals surface area contributed by atoms with Gasteiger partial charge in [-0.15, -0.1) is 0 Å². The lowest BCUT2D eigenvalue weighted by Crippen LogP contribution is -2.10. The van der Waals surface area contributed by atoms with Crippen molar-refractivity contribution in [2.75, 3.05) is 4.90 Å². The van der Waals surface area contributed by atoms with Crippen molar-refractivity contribution in [1.29, 1.82) is 0 Å². The van der Waals surface area contributed by atoms with Crippen LogP contribution in [0, 0.1) is 0 Å². The molecule has 0 N–H and O–H groups in total. The van der Waals surface area contributed by atoms with E-state index in [2.05, 4.69) is 216 Å². The van der Waals surface area contributed by atoms with Crippen molar-refractivity contribution >= 4 is 71.6 Å². The predicted molar refractivity (Wildman–Crippen MR) is 231 cm³/mol. The average Bonchev–Trinajstić information content (AvgIpc) is 3.80. The first-order valence-corrected chi connectivity index (χ1v) is 18.8. The van der Waals surface area contributed by atoms with Crippen molar-refractivity contribution in [3.63, 3.8) is 0 Å². The Hall–Kier alpha value is -7.36. The van der Waals surface area contributed by atoms with Crippen LogP contribution in [0.25, 0.3) is 82.5 Å². The van der Waals surface area contributed by atoms with E-state index in [0.717, 1.165) is 61.2 Å². The third-order valence-electron chi connectivity index (χ3n) is 11.0. The van der Waals surface area contributed by atoms with Crippen LogP contribution in [0.2, 0.25) is 0 Å². The first-order chi connectivity index (χ1) is 27.3. The molecular weight excluding hydrogens is 669 g/mol. The van der Waals surface area contributed by atoms with E-state index in [1.807, 2.05) is 0 Å². The fraction of sp³-hybridized carbons (Fsp3) is 0. The van der Waals surface area contributed by atoms with Gasteiger partial charge in [-0.2, -0.15) is 0 Å². The van der Waals surface area contributed by atoms with Gasteiger partial charge in [0.15, 0.2) is 0 Å². The van der Waals surface area contributed by atoms with Gasteiger partial charge in [-0.1, -0.05) is 127 Å². The second-order valence-electron chi connectivity index (χ2n) is 14.2. The fourth-order valence-corrected chi connectivity index (χ4v) is 8.32. The van der Waals surface area contributed by atoms with E-state index in [1.165, 1.54) is 38.3 Å². The zero-order valence-electron chi connectivity index (χ0n) is 29.9. The molecule has 0 saturated carbocycles. The summed E-state index contributed by atoms with van der Waals surface area (Å²) in [4.78, 5) is 2.37. The van der Waals surface area contributed by atoms with Gasteiger partial charge in [0, 0.05) is 49.7 Å². The fourth-order valence-electron chi connectivity index (χ4n) is 8.32. The molecule has 0 fully saturated rings. The summed E-state index contributed by atoms with van der Waals surface area (Å²) in [5.41, 5.74) is 13.4. The zero-order valence-corrected chi connectivity index (χ0v) is 29.9. The summed E-state index contributed by atoms with van der Waals surface area (Å²) in [6.07, 6.45) is 0. The Morgan fingerprint density at radius 1 is 0.345 bits per heavy atom. The second kappa shape index (κ2) is 12.6. The summed E-state index contributed by atoms with van der Waals surface area (Å²) in [5, 5.41) is 7.04. The van der Waals surface area contributed by atoms with E-state index in [9.17, 15) is 0 Å². The van der Waals surface area contributed by atoms with Crippen LogP contribution >= 0.6 is 0 Å². The molecular formula is C52H34N2O. The maximum absolute atomic E-state index is 6.42. The molecule has 11 rings (SSSR count). The molecule has 0 unspecified atom stereocenters. The number of para-hydroxylation sites is 2. The van der Waals surface area contributed by atoms with Crippen LogP contribution in [0.15, 0.2) is 211 Å². The topological polar surface area (TPSA) is 21.3 Å². The third-order valence-corrected chi connectivity index (χ3v) is 11.0. The highest BCUT2D eigenvalue weighted by Gasteiger charge is 2.18. The highest BCUT2D eigenvalue weighted by atomic mass is 16.3. The van der Waals surface area contributed by atoms with E-state index in [-0.39, 0.29) is 0 Å². The summed E-state index contributed by atoms with van der Waals surface area (Å²) in [6.45, 7) is 0. The maximum Gasteiger partial charge on any atom is 0.143 e. The molecule has 0 saturated heterocycles. The van der Waals surface area contributed by atoms with Crippen LogP contribution in [0.1, 0.15) is 0 Å². The quantitative estimate of drug-likeness (QED) is 0.172. The van der Waals surface area contributed by atoms with Gasteiger partial charge in [-0.3, -0.25) is 0 Å². The average molecular weight is 703 g/mol. The Morgan fingerprint density at radius 3 is 1.69 bits per heavy atom. The first-order valence-electron chi connectivity index (χ1n) is 18.8. The van der Waals surface area contributed by atoms with Crippen LogP contribution in [0.4, 0.5) is 17.1 Å². The monoisotopic (exact) mass is 702 g/mol. The van der Waals surface area contributed by atoms with Gasteiger partial charge in [0.05, 0.1) is 11.0 Å². The number of furan rings is 1. The predicted octanol–water partition coefficient (Wildman–Crippen LogP) is 14.6. The number of rotatable bonds is 6. The summed E-state index contributed by atoms with van der Waals surface area (Å²) >= 11 is 0. The van der Waals surface area contributed by atoms with Crippen LogP contribution < -0.4 is 4.90 Å². The Balaban J connectivity index is 1.03. The van der Waals surface area contributed by atoms with Crippen molar-refractivity contribution in [1.82, 2.24) is 4.57 Å². The Kier molecular flexibility index (Phi) is 7.17. The number of hydrogen-bond acceptors (Lipinski definition) is 2.